The Labute approximate surface area is 205 Å². The molecule has 2 N–H and O–H groups in total. The number of anilines is 3. The maximum absolute atomic E-state index is 14.7. The van der Waals surface area contributed by atoms with Gasteiger partial charge in [-0.05, 0) is 61.0 Å². The first kappa shape index (κ1) is 24.0. The molecule has 1 aliphatic rings. The fourth-order valence-corrected chi connectivity index (χ4v) is 5.41. The minimum Gasteiger partial charge on any atom is -0.322 e. The van der Waals surface area contributed by atoms with Crippen LogP contribution < -0.4 is 14.9 Å². The van der Waals surface area contributed by atoms with E-state index in [1.54, 1.807) is 18.2 Å². The Balaban J connectivity index is 1.51. The zero-order chi connectivity index (χ0) is 24.5. The maximum Gasteiger partial charge on any atom is 0.258 e. The largest absolute Gasteiger partial charge is 0.322 e. The van der Waals surface area contributed by atoms with Crippen molar-refractivity contribution in [1.29, 1.82) is 0 Å². The molecule has 0 saturated carbocycles. The van der Waals surface area contributed by atoms with Crippen LogP contribution in [0.3, 0.4) is 0 Å². The second-order valence-electron chi connectivity index (χ2n) is 7.52. The van der Waals surface area contributed by atoms with Gasteiger partial charge in [0.25, 0.3) is 11.8 Å². The number of amides is 2. The minimum atomic E-state index is -3.47. The van der Waals surface area contributed by atoms with Crippen LogP contribution in [0, 0.1) is 5.82 Å². The highest BCUT2D eigenvalue weighted by atomic mass is 35.5. The molecule has 4 rings (SSSR count). The topological polar surface area (TPSA) is 95.6 Å². The van der Waals surface area contributed by atoms with Crippen molar-refractivity contribution >= 4 is 62.1 Å². The van der Waals surface area contributed by atoms with Gasteiger partial charge in [-0.15, -0.1) is 0 Å². The maximum atomic E-state index is 14.7. The molecule has 34 heavy (non-hydrogen) atoms. The van der Waals surface area contributed by atoms with E-state index in [-0.39, 0.29) is 39.9 Å². The standard InChI is InChI=1S/C23H18Cl2FN3O4S/c24-15-4-1-3-14(11-15)22(30)28-21-12-16(5-8-19(21)25)27-23(31)18-7-6-17(13-20(18)26)29-9-2-10-34(29,32)33/h1,3-8,11-13H,2,9-10H2,(H,27,31)(H,28,30). The zero-order valence-corrected chi connectivity index (χ0v) is 19.8. The number of hydrogen-bond acceptors (Lipinski definition) is 4. The van der Waals surface area contributed by atoms with Gasteiger partial charge in [-0.2, -0.15) is 0 Å². The molecule has 0 aromatic heterocycles. The Bertz CT molecular complexity index is 1400. The molecule has 1 heterocycles. The lowest BCUT2D eigenvalue weighted by Crippen LogP contribution is -2.25. The summed E-state index contributed by atoms with van der Waals surface area (Å²) in [7, 11) is -3.47. The molecule has 0 unspecified atom stereocenters. The van der Waals surface area contributed by atoms with Crippen LogP contribution in [0.25, 0.3) is 0 Å². The number of halogens is 3. The Kier molecular flexibility index (Phi) is 6.79. The van der Waals surface area contributed by atoms with E-state index >= 15 is 0 Å². The number of nitrogens with zero attached hydrogens (tertiary/aromatic N) is 1. The van der Waals surface area contributed by atoms with Crippen LogP contribution in [0.4, 0.5) is 21.5 Å². The molecule has 1 saturated heterocycles. The first-order valence-corrected chi connectivity index (χ1v) is 12.5. The molecule has 0 spiro atoms. The van der Waals surface area contributed by atoms with E-state index in [0.717, 1.165) is 10.4 Å². The molecule has 1 aliphatic heterocycles. The Morgan fingerprint density at radius 3 is 2.41 bits per heavy atom. The number of sulfonamides is 1. The molecule has 1 fully saturated rings. The summed E-state index contributed by atoms with van der Waals surface area (Å²) in [5, 5.41) is 5.83. The molecule has 176 valence electrons. The highest BCUT2D eigenvalue weighted by molar-refractivity contribution is 7.93. The van der Waals surface area contributed by atoms with E-state index < -0.39 is 27.7 Å². The number of benzene rings is 3. The van der Waals surface area contributed by atoms with Crippen molar-refractivity contribution in [2.45, 2.75) is 6.42 Å². The van der Waals surface area contributed by atoms with Gasteiger partial charge < -0.3 is 10.6 Å². The molecule has 0 bridgehead atoms. The molecular weight excluding hydrogens is 504 g/mol. The van der Waals surface area contributed by atoms with Crippen molar-refractivity contribution < 1.29 is 22.4 Å². The monoisotopic (exact) mass is 521 g/mol. The van der Waals surface area contributed by atoms with E-state index in [9.17, 15) is 22.4 Å². The minimum absolute atomic E-state index is 0.00358. The molecule has 7 nitrogen and oxygen atoms in total. The van der Waals surface area contributed by atoms with E-state index in [4.69, 9.17) is 23.2 Å². The Morgan fingerprint density at radius 2 is 1.74 bits per heavy atom. The van der Waals surface area contributed by atoms with Gasteiger partial charge in [-0.25, -0.2) is 12.8 Å². The predicted molar refractivity (Wildman–Crippen MR) is 131 cm³/mol. The van der Waals surface area contributed by atoms with Gasteiger partial charge in [-0.1, -0.05) is 29.3 Å². The van der Waals surface area contributed by atoms with Gasteiger partial charge in [0.05, 0.1) is 27.7 Å². The average Bonchev–Trinajstić information content (AvgIpc) is 3.14. The summed E-state index contributed by atoms with van der Waals surface area (Å²) in [5.74, 6) is -2.06. The second kappa shape index (κ2) is 9.61. The van der Waals surface area contributed by atoms with Crippen LogP contribution in [-0.2, 0) is 10.0 Å². The quantitative estimate of drug-likeness (QED) is 0.483. The normalized spacial score (nSPS) is 14.6. The molecule has 0 radical (unpaired) electrons. The number of hydrogen-bond donors (Lipinski definition) is 2. The van der Waals surface area contributed by atoms with Gasteiger partial charge in [0.1, 0.15) is 5.82 Å². The average molecular weight is 522 g/mol. The van der Waals surface area contributed by atoms with Crippen molar-refractivity contribution in [2.75, 3.05) is 27.2 Å². The predicted octanol–water partition coefficient (Wildman–Crippen LogP) is 5.18. The van der Waals surface area contributed by atoms with Crippen molar-refractivity contribution in [3.63, 3.8) is 0 Å². The zero-order valence-electron chi connectivity index (χ0n) is 17.5. The van der Waals surface area contributed by atoms with Crippen LogP contribution in [0.2, 0.25) is 10.0 Å². The van der Waals surface area contributed by atoms with Crippen molar-refractivity contribution in [3.8, 4) is 0 Å². The third-order valence-corrected chi connectivity index (χ3v) is 7.58. The molecule has 0 atom stereocenters. The molecule has 3 aromatic carbocycles. The molecule has 11 heteroatoms. The van der Waals surface area contributed by atoms with Crippen LogP contribution in [0.1, 0.15) is 27.1 Å². The van der Waals surface area contributed by atoms with Gasteiger partial charge in [-0.3, -0.25) is 13.9 Å². The lowest BCUT2D eigenvalue weighted by molar-refractivity contribution is 0.101. The third kappa shape index (κ3) is 5.16. The molecule has 3 aromatic rings. The van der Waals surface area contributed by atoms with Gasteiger partial charge in [0, 0.05) is 22.8 Å². The van der Waals surface area contributed by atoms with E-state index in [1.807, 2.05) is 0 Å². The van der Waals surface area contributed by atoms with Gasteiger partial charge >= 0.3 is 0 Å². The summed E-state index contributed by atoms with van der Waals surface area (Å²) in [5.41, 5.74) is 0.727. The Morgan fingerprint density at radius 1 is 0.941 bits per heavy atom. The molecule has 2 amide bonds. The molecular formula is C23H18Cl2FN3O4S. The van der Waals surface area contributed by atoms with Crippen LogP contribution in [-0.4, -0.2) is 32.5 Å². The summed E-state index contributed by atoms with van der Waals surface area (Å²) < 4.78 is 39.9. The van der Waals surface area contributed by atoms with Crippen molar-refractivity contribution in [1.82, 2.24) is 0 Å². The van der Waals surface area contributed by atoms with Crippen LogP contribution in [0.15, 0.2) is 60.7 Å². The number of carbonyl (C=O) groups excluding carboxylic acids is 2. The summed E-state index contributed by atoms with van der Waals surface area (Å²) in [6, 6.07) is 14.4. The first-order chi connectivity index (χ1) is 16.1. The lowest BCUT2D eigenvalue weighted by atomic mass is 10.1. The number of carbonyl (C=O) groups is 2. The third-order valence-electron chi connectivity index (χ3n) is 5.14. The van der Waals surface area contributed by atoms with E-state index in [0.29, 0.717) is 17.0 Å². The summed E-state index contributed by atoms with van der Waals surface area (Å²) in [4.78, 5) is 25.1. The lowest BCUT2D eigenvalue weighted by Gasteiger charge is -2.17. The van der Waals surface area contributed by atoms with Crippen molar-refractivity contribution in [3.05, 3.63) is 87.7 Å². The van der Waals surface area contributed by atoms with Gasteiger partial charge in [0.2, 0.25) is 10.0 Å². The summed E-state index contributed by atoms with van der Waals surface area (Å²) >= 11 is 12.1. The fraction of sp³-hybridized carbons (Fsp3) is 0.130. The van der Waals surface area contributed by atoms with Gasteiger partial charge in [0.15, 0.2) is 0 Å². The second-order valence-corrected chi connectivity index (χ2v) is 10.4. The molecule has 0 aliphatic carbocycles. The summed E-state index contributed by atoms with van der Waals surface area (Å²) in [6.07, 6.45) is 0.457. The first-order valence-electron chi connectivity index (χ1n) is 10.1. The van der Waals surface area contributed by atoms with E-state index in [2.05, 4.69) is 10.6 Å². The van der Waals surface area contributed by atoms with Crippen LogP contribution >= 0.6 is 23.2 Å². The number of rotatable bonds is 5. The Hall–Kier alpha value is -3.14. The number of nitrogens with one attached hydrogen (secondary N) is 2. The van der Waals surface area contributed by atoms with Crippen LogP contribution in [0.5, 0.6) is 0 Å². The highest BCUT2D eigenvalue weighted by Gasteiger charge is 2.29. The van der Waals surface area contributed by atoms with Crippen molar-refractivity contribution in [2.24, 2.45) is 0 Å². The summed E-state index contributed by atoms with van der Waals surface area (Å²) in [6.45, 7) is 0.266. The smallest absolute Gasteiger partial charge is 0.258 e. The fourth-order valence-electron chi connectivity index (χ4n) is 3.49. The van der Waals surface area contributed by atoms with E-state index in [1.165, 1.54) is 36.4 Å². The highest BCUT2D eigenvalue weighted by Crippen LogP contribution is 2.28. The SMILES string of the molecule is O=C(Nc1cc(NC(=O)c2ccc(N3CCCS3(=O)=O)cc2F)ccc1Cl)c1cccc(Cl)c1.